The van der Waals surface area contributed by atoms with Gasteiger partial charge in [-0.1, -0.05) is 0 Å². The average Bonchev–Trinajstić information content (AvgIpc) is 2.97. The fourth-order valence-corrected chi connectivity index (χ4v) is 1.72. The molecule has 110 valence electrons. The zero-order valence-corrected chi connectivity index (χ0v) is 11.4. The van der Waals surface area contributed by atoms with Crippen molar-refractivity contribution in [2.24, 2.45) is 0 Å². The topological polar surface area (TPSA) is 95.7 Å². The van der Waals surface area contributed by atoms with E-state index >= 15 is 0 Å². The van der Waals surface area contributed by atoms with Crippen molar-refractivity contribution in [2.75, 3.05) is 7.05 Å². The van der Waals surface area contributed by atoms with Crippen molar-refractivity contribution in [1.29, 1.82) is 0 Å². The number of carbonyl (C=O) groups is 2. The number of furan rings is 1. The van der Waals surface area contributed by atoms with Crippen LogP contribution in [-0.4, -0.2) is 34.0 Å². The van der Waals surface area contributed by atoms with Crippen LogP contribution in [0, 0.1) is 0 Å². The number of aromatic carboxylic acids is 1. The van der Waals surface area contributed by atoms with Gasteiger partial charge in [0.05, 0.1) is 30.6 Å². The zero-order valence-electron chi connectivity index (χ0n) is 11.4. The van der Waals surface area contributed by atoms with E-state index in [1.807, 2.05) is 0 Å². The van der Waals surface area contributed by atoms with Crippen LogP contribution in [0.3, 0.4) is 0 Å². The van der Waals surface area contributed by atoms with Crippen molar-refractivity contribution in [2.45, 2.75) is 13.1 Å². The molecule has 2 rings (SSSR count). The summed E-state index contributed by atoms with van der Waals surface area (Å²) in [5.41, 5.74) is 0.618. The molecular weight excluding hydrogens is 274 g/mol. The summed E-state index contributed by atoms with van der Waals surface area (Å²) in [5.74, 6) is -0.349. The minimum absolute atomic E-state index is 0.137. The number of rotatable bonds is 5. The smallest absolute Gasteiger partial charge is 0.335 e. The second kappa shape index (κ2) is 6.56. The molecule has 0 bridgehead atoms. The molecule has 0 saturated carbocycles. The number of nitrogens with zero attached hydrogens (tertiary/aromatic N) is 2. The largest absolute Gasteiger partial charge is 0.478 e. The van der Waals surface area contributed by atoms with Gasteiger partial charge in [0.1, 0.15) is 5.76 Å². The number of aromatic nitrogens is 1. The van der Waals surface area contributed by atoms with Crippen molar-refractivity contribution in [3.63, 3.8) is 0 Å². The molecule has 2 amide bonds. The average molecular weight is 289 g/mol. The van der Waals surface area contributed by atoms with Gasteiger partial charge in [-0.25, -0.2) is 9.59 Å². The van der Waals surface area contributed by atoms with E-state index in [-0.39, 0.29) is 18.1 Å². The number of hydrogen-bond acceptors (Lipinski definition) is 4. The Kier molecular flexibility index (Phi) is 4.55. The fourth-order valence-electron chi connectivity index (χ4n) is 1.72. The molecule has 0 fully saturated rings. The number of amides is 2. The molecule has 2 aromatic heterocycles. The Balaban J connectivity index is 1.88. The number of hydrogen-bond donors (Lipinski definition) is 2. The lowest BCUT2D eigenvalue weighted by Gasteiger charge is -2.16. The maximum absolute atomic E-state index is 11.9. The summed E-state index contributed by atoms with van der Waals surface area (Å²) >= 11 is 0. The molecule has 0 aliphatic carbocycles. The van der Waals surface area contributed by atoms with Crippen molar-refractivity contribution < 1.29 is 19.1 Å². The van der Waals surface area contributed by atoms with Gasteiger partial charge < -0.3 is 19.7 Å². The summed E-state index contributed by atoms with van der Waals surface area (Å²) in [4.78, 5) is 28.2. The van der Waals surface area contributed by atoms with E-state index in [2.05, 4.69) is 10.3 Å². The minimum atomic E-state index is -1.03. The van der Waals surface area contributed by atoms with Gasteiger partial charge in [0, 0.05) is 13.2 Å². The molecular formula is C14H15N3O4. The van der Waals surface area contributed by atoms with Crippen molar-refractivity contribution in [3.8, 4) is 0 Å². The Morgan fingerprint density at radius 2 is 2.24 bits per heavy atom. The standard InChI is InChI=1S/C14H15N3O4/c1-17(9-12-3-2-6-21-12)14(20)16-8-11-7-10(13(18)19)4-5-15-11/h2-7H,8-9H2,1H3,(H,16,20)(H,18,19). The van der Waals surface area contributed by atoms with Crippen molar-refractivity contribution >= 4 is 12.0 Å². The van der Waals surface area contributed by atoms with Crippen LogP contribution in [0.5, 0.6) is 0 Å². The van der Waals surface area contributed by atoms with Gasteiger partial charge in [-0.3, -0.25) is 4.98 Å². The Morgan fingerprint density at radius 1 is 1.43 bits per heavy atom. The summed E-state index contributed by atoms with van der Waals surface area (Å²) < 4.78 is 5.16. The Morgan fingerprint density at radius 3 is 2.90 bits per heavy atom. The number of carbonyl (C=O) groups excluding carboxylic acids is 1. The lowest BCUT2D eigenvalue weighted by molar-refractivity contribution is 0.0696. The van der Waals surface area contributed by atoms with Crippen LogP contribution >= 0.6 is 0 Å². The highest BCUT2D eigenvalue weighted by molar-refractivity contribution is 5.87. The van der Waals surface area contributed by atoms with Gasteiger partial charge in [-0.2, -0.15) is 0 Å². The Labute approximate surface area is 121 Å². The van der Waals surface area contributed by atoms with Crippen LogP contribution in [0.4, 0.5) is 4.79 Å². The highest BCUT2D eigenvalue weighted by Crippen LogP contribution is 2.05. The normalized spacial score (nSPS) is 10.1. The molecule has 0 atom stereocenters. The highest BCUT2D eigenvalue weighted by Gasteiger charge is 2.11. The SMILES string of the molecule is CN(Cc1ccco1)C(=O)NCc1cc(C(=O)O)ccn1. The lowest BCUT2D eigenvalue weighted by atomic mass is 10.2. The van der Waals surface area contributed by atoms with Crippen LogP contribution in [-0.2, 0) is 13.1 Å². The van der Waals surface area contributed by atoms with Gasteiger partial charge in [0.2, 0.25) is 0 Å². The van der Waals surface area contributed by atoms with E-state index in [4.69, 9.17) is 9.52 Å². The van der Waals surface area contributed by atoms with Gasteiger partial charge in [-0.15, -0.1) is 0 Å². The third kappa shape index (κ3) is 4.07. The predicted octanol–water partition coefficient (Wildman–Crippen LogP) is 1.71. The van der Waals surface area contributed by atoms with E-state index in [1.54, 1.807) is 25.4 Å². The van der Waals surface area contributed by atoms with Gasteiger partial charge in [0.25, 0.3) is 0 Å². The van der Waals surface area contributed by atoms with E-state index in [0.717, 1.165) is 0 Å². The summed E-state index contributed by atoms with van der Waals surface area (Å²) in [6.07, 6.45) is 2.94. The zero-order chi connectivity index (χ0) is 15.2. The highest BCUT2D eigenvalue weighted by atomic mass is 16.4. The first-order valence-electron chi connectivity index (χ1n) is 6.26. The van der Waals surface area contributed by atoms with Crippen molar-refractivity contribution in [3.05, 3.63) is 53.7 Å². The first kappa shape index (κ1) is 14.6. The number of carboxylic acids is 1. The van der Waals surface area contributed by atoms with Gasteiger partial charge >= 0.3 is 12.0 Å². The molecule has 0 aliphatic rings. The molecule has 0 saturated heterocycles. The first-order valence-corrected chi connectivity index (χ1v) is 6.26. The Bertz CT molecular complexity index is 625. The van der Waals surface area contributed by atoms with Crippen LogP contribution in [0.1, 0.15) is 21.8 Å². The molecule has 2 N–H and O–H groups in total. The molecule has 0 aromatic carbocycles. The van der Waals surface area contributed by atoms with Crippen LogP contribution in [0.25, 0.3) is 0 Å². The molecule has 7 nitrogen and oxygen atoms in total. The third-order valence-electron chi connectivity index (χ3n) is 2.80. The Hall–Kier alpha value is -2.83. The lowest BCUT2D eigenvalue weighted by Crippen LogP contribution is -2.36. The summed E-state index contributed by atoms with van der Waals surface area (Å²) in [5, 5.41) is 11.6. The second-order valence-electron chi connectivity index (χ2n) is 4.44. The number of urea groups is 1. The first-order chi connectivity index (χ1) is 10.1. The maximum atomic E-state index is 11.9. The van der Waals surface area contributed by atoms with Crippen LogP contribution < -0.4 is 5.32 Å². The molecule has 0 spiro atoms. The second-order valence-corrected chi connectivity index (χ2v) is 4.44. The molecule has 0 aliphatic heterocycles. The predicted molar refractivity (Wildman–Crippen MR) is 73.6 cm³/mol. The van der Waals surface area contributed by atoms with E-state index in [9.17, 15) is 9.59 Å². The maximum Gasteiger partial charge on any atom is 0.335 e. The third-order valence-corrected chi connectivity index (χ3v) is 2.80. The summed E-state index contributed by atoms with van der Waals surface area (Å²) in [6, 6.07) is 6.06. The quantitative estimate of drug-likeness (QED) is 0.873. The number of pyridine rings is 1. The number of nitrogens with one attached hydrogen (secondary N) is 1. The molecule has 7 heteroatoms. The van der Waals surface area contributed by atoms with Crippen LogP contribution in [0.15, 0.2) is 41.1 Å². The molecule has 21 heavy (non-hydrogen) atoms. The number of carboxylic acid groups (broad SMARTS) is 1. The fraction of sp³-hybridized carbons (Fsp3) is 0.214. The van der Waals surface area contributed by atoms with E-state index in [0.29, 0.717) is 18.0 Å². The molecule has 2 heterocycles. The van der Waals surface area contributed by atoms with E-state index in [1.165, 1.54) is 23.2 Å². The monoisotopic (exact) mass is 289 g/mol. The van der Waals surface area contributed by atoms with Gasteiger partial charge in [-0.05, 0) is 24.3 Å². The van der Waals surface area contributed by atoms with Crippen molar-refractivity contribution in [1.82, 2.24) is 15.2 Å². The molecule has 2 aromatic rings. The summed E-state index contributed by atoms with van der Waals surface area (Å²) in [6.45, 7) is 0.504. The minimum Gasteiger partial charge on any atom is -0.478 e. The van der Waals surface area contributed by atoms with E-state index < -0.39 is 5.97 Å². The summed E-state index contributed by atoms with van der Waals surface area (Å²) in [7, 11) is 1.64. The molecule has 0 radical (unpaired) electrons. The molecule has 0 unspecified atom stereocenters. The van der Waals surface area contributed by atoms with Crippen LogP contribution in [0.2, 0.25) is 0 Å². The van der Waals surface area contributed by atoms with Gasteiger partial charge in [0.15, 0.2) is 0 Å².